The summed E-state index contributed by atoms with van der Waals surface area (Å²) >= 11 is 0. The average Bonchev–Trinajstić information content (AvgIpc) is 3.26. The number of nitrogens with zero attached hydrogens (tertiary/aromatic N) is 4. The molecule has 1 saturated heterocycles. The van der Waals surface area contributed by atoms with Gasteiger partial charge in [-0.1, -0.05) is 18.2 Å². The highest BCUT2D eigenvalue weighted by Crippen LogP contribution is 2.29. The number of piperidine rings is 1. The maximum atomic E-state index is 14.4. The number of para-hydroxylation sites is 1. The molecule has 1 N–H and O–H groups in total. The number of hydrogen-bond donors (Lipinski definition) is 1. The highest BCUT2D eigenvalue weighted by Gasteiger charge is 2.25. The molecule has 6 heteroatoms. The predicted octanol–water partition coefficient (Wildman–Crippen LogP) is 3.11. The maximum Gasteiger partial charge on any atom is 0.165 e. The molecule has 1 aromatic carbocycles. The van der Waals surface area contributed by atoms with Crippen molar-refractivity contribution in [1.82, 2.24) is 24.6 Å². The molecule has 0 amide bonds. The van der Waals surface area contributed by atoms with Crippen LogP contribution in [0.4, 0.5) is 4.39 Å². The number of aromatic amines is 1. The Bertz CT molecular complexity index is 773. The number of likely N-dealkylation sites (tertiary alicyclic amines) is 1. The number of nitrogens with one attached hydrogen (secondary N) is 1. The Labute approximate surface area is 140 Å². The molecule has 1 aliphatic rings. The van der Waals surface area contributed by atoms with Crippen LogP contribution in [-0.4, -0.2) is 37.7 Å². The number of H-pyrrole nitrogens is 1. The van der Waals surface area contributed by atoms with Crippen molar-refractivity contribution in [3.8, 4) is 5.69 Å². The van der Waals surface area contributed by atoms with Gasteiger partial charge in [-0.05, 0) is 38.1 Å². The molecule has 0 aliphatic carbocycles. The fourth-order valence-corrected chi connectivity index (χ4v) is 3.33. The number of imidazole rings is 1. The first kappa shape index (κ1) is 15.1. The van der Waals surface area contributed by atoms with Crippen molar-refractivity contribution in [3.05, 3.63) is 66.3 Å². The maximum absolute atomic E-state index is 14.4. The Kier molecular flexibility index (Phi) is 4.13. The Morgan fingerprint density at radius 2 is 1.96 bits per heavy atom. The zero-order chi connectivity index (χ0) is 16.4. The zero-order valence-corrected chi connectivity index (χ0v) is 13.4. The standard InChI is InChI=1S/C18H20FN5/c19-17-12-24(16-4-2-1-3-5-16)22-18(17)14-6-8-23(9-7-14)11-15-10-20-13-21-15/h1-5,10,12-14H,6-9,11H2,(H,20,21). The van der Waals surface area contributed by atoms with Crippen molar-refractivity contribution in [3.63, 3.8) is 0 Å². The highest BCUT2D eigenvalue weighted by atomic mass is 19.1. The number of aromatic nitrogens is 4. The van der Waals surface area contributed by atoms with Gasteiger partial charge in [0.2, 0.25) is 0 Å². The quantitative estimate of drug-likeness (QED) is 0.802. The molecular formula is C18H20FN5. The van der Waals surface area contributed by atoms with E-state index in [0.717, 1.165) is 43.9 Å². The first-order chi connectivity index (χ1) is 11.8. The minimum absolute atomic E-state index is 0.188. The van der Waals surface area contributed by atoms with Gasteiger partial charge in [-0.15, -0.1) is 0 Å². The number of hydrogen-bond acceptors (Lipinski definition) is 3. The van der Waals surface area contributed by atoms with Crippen molar-refractivity contribution >= 4 is 0 Å². The molecule has 0 radical (unpaired) electrons. The van der Waals surface area contributed by atoms with Gasteiger partial charge in [0.15, 0.2) is 5.82 Å². The zero-order valence-electron chi connectivity index (χ0n) is 13.4. The van der Waals surface area contributed by atoms with Crippen molar-refractivity contribution < 1.29 is 4.39 Å². The van der Waals surface area contributed by atoms with Crippen LogP contribution in [0.2, 0.25) is 0 Å². The Hall–Kier alpha value is -2.47. The first-order valence-corrected chi connectivity index (χ1v) is 8.29. The van der Waals surface area contributed by atoms with E-state index in [4.69, 9.17) is 0 Å². The van der Waals surface area contributed by atoms with E-state index in [0.29, 0.717) is 5.69 Å². The molecule has 4 rings (SSSR count). The smallest absolute Gasteiger partial charge is 0.165 e. The summed E-state index contributed by atoms with van der Waals surface area (Å²) < 4.78 is 16.0. The van der Waals surface area contributed by atoms with Gasteiger partial charge in [-0.25, -0.2) is 14.1 Å². The predicted molar refractivity (Wildman–Crippen MR) is 89.4 cm³/mol. The molecule has 5 nitrogen and oxygen atoms in total. The lowest BCUT2D eigenvalue weighted by Gasteiger charge is -2.30. The van der Waals surface area contributed by atoms with E-state index in [9.17, 15) is 4.39 Å². The Morgan fingerprint density at radius 3 is 2.67 bits per heavy atom. The topological polar surface area (TPSA) is 49.7 Å². The fraction of sp³-hybridized carbons (Fsp3) is 0.333. The van der Waals surface area contributed by atoms with Crippen molar-refractivity contribution in [2.24, 2.45) is 0 Å². The van der Waals surface area contributed by atoms with Gasteiger partial charge < -0.3 is 4.98 Å². The molecule has 3 heterocycles. The minimum atomic E-state index is -0.203. The second-order valence-electron chi connectivity index (χ2n) is 6.27. The lowest BCUT2D eigenvalue weighted by atomic mass is 9.93. The molecule has 0 saturated carbocycles. The van der Waals surface area contributed by atoms with Crippen molar-refractivity contribution in [1.29, 1.82) is 0 Å². The lowest BCUT2D eigenvalue weighted by Crippen LogP contribution is -2.32. The summed E-state index contributed by atoms with van der Waals surface area (Å²) in [4.78, 5) is 9.55. The summed E-state index contributed by atoms with van der Waals surface area (Å²) in [6.07, 6.45) is 6.90. The third-order valence-corrected chi connectivity index (χ3v) is 4.64. The molecule has 124 valence electrons. The monoisotopic (exact) mass is 325 g/mol. The molecule has 0 spiro atoms. The third-order valence-electron chi connectivity index (χ3n) is 4.64. The van der Waals surface area contributed by atoms with Gasteiger partial charge in [-0.2, -0.15) is 5.10 Å². The average molecular weight is 325 g/mol. The number of rotatable bonds is 4. The van der Waals surface area contributed by atoms with Gasteiger partial charge in [0, 0.05) is 24.4 Å². The van der Waals surface area contributed by atoms with E-state index in [1.165, 1.54) is 6.20 Å². The summed E-state index contributed by atoms with van der Waals surface area (Å²) in [6.45, 7) is 2.76. The van der Waals surface area contributed by atoms with Gasteiger partial charge in [0.25, 0.3) is 0 Å². The molecular weight excluding hydrogens is 305 g/mol. The van der Waals surface area contributed by atoms with Crippen molar-refractivity contribution in [2.75, 3.05) is 13.1 Å². The van der Waals surface area contributed by atoms with Gasteiger partial charge >= 0.3 is 0 Å². The molecule has 0 unspecified atom stereocenters. The first-order valence-electron chi connectivity index (χ1n) is 8.29. The lowest BCUT2D eigenvalue weighted by molar-refractivity contribution is 0.200. The van der Waals surface area contributed by atoms with Gasteiger partial charge in [0.05, 0.1) is 18.2 Å². The van der Waals surface area contributed by atoms with E-state index in [1.807, 2.05) is 36.5 Å². The summed E-state index contributed by atoms with van der Waals surface area (Å²) in [6, 6.07) is 9.68. The van der Waals surface area contributed by atoms with E-state index in [2.05, 4.69) is 20.0 Å². The molecule has 1 aliphatic heterocycles. The molecule has 0 bridgehead atoms. The van der Waals surface area contributed by atoms with Crippen LogP contribution in [0.25, 0.3) is 5.69 Å². The van der Waals surface area contributed by atoms with E-state index < -0.39 is 0 Å². The van der Waals surface area contributed by atoms with Crippen LogP contribution in [-0.2, 0) is 6.54 Å². The SMILES string of the molecule is Fc1cn(-c2ccccc2)nc1C1CCN(Cc2cnc[nH]2)CC1. The fourth-order valence-electron chi connectivity index (χ4n) is 3.33. The number of halogens is 1. The minimum Gasteiger partial charge on any atom is -0.347 e. The van der Waals surface area contributed by atoms with Crippen LogP contribution < -0.4 is 0 Å². The Morgan fingerprint density at radius 1 is 1.17 bits per heavy atom. The molecule has 24 heavy (non-hydrogen) atoms. The summed E-state index contributed by atoms with van der Waals surface area (Å²) in [5.74, 6) is -0.0150. The van der Waals surface area contributed by atoms with Crippen LogP contribution in [0.5, 0.6) is 0 Å². The summed E-state index contributed by atoms with van der Waals surface area (Å²) in [5, 5.41) is 4.51. The second-order valence-corrected chi connectivity index (χ2v) is 6.27. The summed E-state index contributed by atoms with van der Waals surface area (Å²) in [5.41, 5.74) is 2.60. The van der Waals surface area contributed by atoms with Crippen LogP contribution in [0.15, 0.2) is 49.1 Å². The normalized spacial score (nSPS) is 16.5. The molecule has 3 aromatic rings. The molecule has 1 fully saturated rings. The summed E-state index contributed by atoms with van der Waals surface area (Å²) in [7, 11) is 0. The van der Waals surface area contributed by atoms with E-state index >= 15 is 0 Å². The van der Waals surface area contributed by atoms with Gasteiger partial charge in [-0.3, -0.25) is 4.90 Å². The van der Waals surface area contributed by atoms with Crippen LogP contribution >= 0.6 is 0 Å². The number of benzene rings is 1. The third kappa shape index (κ3) is 3.10. The van der Waals surface area contributed by atoms with E-state index in [1.54, 1.807) is 11.0 Å². The molecule has 0 atom stereocenters. The van der Waals surface area contributed by atoms with Crippen LogP contribution in [0, 0.1) is 5.82 Å². The van der Waals surface area contributed by atoms with Crippen LogP contribution in [0.1, 0.15) is 30.1 Å². The highest BCUT2D eigenvalue weighted by molar-refractivity contribution is 5.31. The molecule has 2 aromatic heterocycles. The van der Waals surface area contributed by atoms with Crippen molar-refractivity contribution in [2.45, 2.75) is 25.3 Å². The van der Waals surface area contributed by atoms with Gasteiger partial charge in [0.1, 0.15) is 5.69 Å². The van der Waals surface area contributed by atoms with E-state index in [-0.39, 0.29) is 11.7 Å². The second kappa shape index (κ2) is 6.57. The van der Waals surface area contributed by atoms with Crippen LogP contribution in [0.3, 0.4) is 0 Å². The Balaban J connectivity index is 1.43. The largest absolute Gasteiger partial charge is 0.347 e.